The summed E-state index contributed by atoms with van der Waals surface area (Å²) in [6.45, 7) is 0.376. The predicted octanol–water partition coefficient (Wildman–Crippen LogP) is 3.61. The standard InChI is InChI=1S/C20H24F3N3O2.ClH/c1-25(16-10-14-4-5-15(11-16)24-14)19(28)12-7-13(20(21,22)23)9-17(8-12)26-6-2-3-18(26)27;/h7-9,14-16,24H,2-6,10-11H2,1H3;1H. The highest BCUT2D eigenvalue weighted by Gasteiger charge is 2.38. The number of nitrogens with one attached hydrogen (secondary N) is 1. The number of hydrogen-bond donors (Lipinski definition) is 1. The van der Waals surface area contributed by atoms with Crippen LogP contribution in [0.3, 0.4) is 0 Å². The van der Waals surface area contributed by atoms with Gasteiger partial charge in [-0.3, -0.25) is 9.59 Å². The van der Waals surface area contributed by atoms with Gasteiger partial charge in [-0.15, -0.1) is 12.4 Å². The summed E-state index contributed by atoms with van der Waals surface area (Å²) < 4.78 is 40.3. The van der Waals surface area contributed by atoms with Crippen LogP contribution in [0, 0.1) is 0 Å². The SMILES string of the molecule is CN(C(=O)c1cc(N2CCCC2=O)cc(C(F)(F)F)c1)C1CC2CCC(C1)N2.Cl. The summed E-state index contributed by atoms with van der Waals surface area (Å²) in [6.07, 6.45) is 0.125. The quantitative estimate of drug-likeness (QED) is 0.795. The molecule has 2 bridgehead atoms. The van der Waals surface area contributed by atoms with Crippen molar-refractivity contribution in [3.63, 3.8) is 0 Å². The number of halogens is 4. The third kappa shape index (κ3) is 4.38. The molecule has 0 aromatic heterocycles. The fourth-order valence-corrected chi connectivity index (χ4v) is 4.69. The molecule has 2 amide bonds. The monoisotopic (exact) mass is 431 g/mol. The average Bonchev–Trinajstić information content (AvgIpc) is 3.23. The third-order valence-electron chi connectivity index (χ3n) is 6.19. The van der Waals surface area contributed by atoms with E-state index in [-0.39, 0.29) is 35.6 Å². The summed E-state index contributed by atoms with van der Waals surface area (Å²) in [7, 11) is 1.67. The van der Waals surface area contributed by atoms with Crippen molar-refractivity contribution in [3.05, 3.63) is 29.3 Å². The number of amides is 2. The number of carbonyl (C=O) groups excluding carboxylic acids is 2. The minimum Gasteiger partial charge on any atom is -0.339 e. The second-order valence-electron chi connectivity index (χ2n) is 8.09. The predicted molar refractivity (Wildman–Crippen MR) is 105 cm³/mol. The molecular formula is C20H25ClF3N3O2. The lowest BCUT2D eigenvalue weighted by atomic mass is 9.97. The molecule has 160 valence electrons. The van der Waals surface area contributed by atoms with Gasteiger partial charge in [-0.2, -0.15) is 13.2 Å². The summed E-state index contributed by atoms with van der Waals surface area (Å²) in [6, 6.07) is 4.05. The number of carbonyl (C=O) groups is 2. The maximum absolute atomic E-state index is 13.4. The Labute approximate surface area is 174 Å². The van der Waals surface area contributed by atoms with E-state index in [2.05, 4.69) is 5.32 Å². The minimum absolute atomic E-state index is 0. The molecule has 3 fully saturated rings. The van der Waals surface area contributed by atoms with Crippen molar-refractivity contribution >= 4 is 29.9 Å². The van der Waals surface area contributed by atoms with Gasteiger partial charge in [0.25, 0.3) is 5.91 Å². The van der Waals surface area contributed by atoms with Crippen molar-refractivity contribution in [1.82, 2.24) is 10.2 Å². The second kappa shape index (κ2) is 8.14. The molecule has 4 rings (SSSR count). The molecule has 3 aliphatic heterocycles. The highest BCUT2D eigenvalue weighted by atomic mass is 35.5. The molecule has 5 nitrogen and oxygen atoms in total. The lowest BCUT2D eigenvalue weighted by molar-refractivity contribution is -0.137. The first-order valence-corrected chi connectivity index (χ1v) is 9.78. The Morgan fingerprint density at radius 3 is 2.38 bits per heavy atom. The van der Waals surface area contributed by atoms with Crippen molar-refractivity contribution in [2.45, 2.75) is 62.8 Å². The molecule has 3 saturated heterocycles. The van der Waals surface area contributed by atoms with Gasteiger partial charge in [0.1, 0.15) is 0 Å². The summed E-state index contributed by atoms with van der Waals surface area (Å²) in [5, 5.41) is 3.50. The van der Waals surface area contributed by atoms with Gasteiger partial charge in [0, 0.05) is 49.4 Å². The zero-order valence-electron chi connectivity index (χ0n) is 16.2. The van der Waals surface area contributed by atoms with Crippen molar-refractivity contribution in [2.24, 2.45) is 0 Å². The number of benzene rings is 1. The van der Waals surface area contributed by atoms with Gasteiger partial charge in [0.05, 0.1) is 5.56 Å². The number of anilines is 1. The Bertz CT molecular complexity index is 790. The molecule has 2 atom stereocenters. The molecule has 3 aliphatic rings. The van der Waals surface area contributed by atoms with Gasteiger partial charge in [-0.05, 0) is 50.3 Å². The molecule has 3 heterocycles. The number of hydrogen-bond acceptors (Lipinski definition) is 3. The van der Waals surface area contributed by atoms with Crippen molar-refractivity contribution in [1.29, 1.82) is 0 Å². The number of nitrogens with zero attached hydrogens (tertiary/aromatic N) is 2. The normalized spacial score (nSPS) is 26.4. The molecule has 2 unspecified atom stereocenters. The number of fused-ring (bicyclic) bond motifs is 2. The fraction of sp³-hybridized carbons (Fsp3) is 0.600. The van der Waals surface area contributed by atoms with E-state index in [1.807, 2.05) is 0 Å². The summed E-state index contributed by atoms with van der Waals surface area (Å²) in [5.74, 6) is -0.633. The molecule has 0 radical (unpaired) electrons. The maximum atomic E-state index is 13.4. The summed E-state index contributed by atoms with van der Waals surface area (Å²) in [5.41, 5.74) is -0.760. The highest BCUT2D eigenvalue weighted by Crippen LogP contribution is 2.35. The Morgan fingerprint density at radius 2 is 1.83 bits per heavy atom. The Kier molecular flexibility index (Phi) is 6.15. The summed E-state index contributed by atoms with van der Waals surface area (Å²) >= 11 is 0. The van der Waals surface area contributed by atoms with Gasteiger partial charge >= 0.3 is 6.18 Å². The van der Waals surface area contributed by atoms with Crippen LogP contribution < -0.4 is 10.2 Å². The van der Waals surface area contributed by atoms with E-state index < -0.39 is 17.6 Å². The van der Waals surface area contributed by atoms with Crippen LogP contribution in [0.5, 0.6) is 0 Å². The maximum Gasteiger partial charge on any atom is 0.416 e. The lowest BCUT2D eigenvalue weighted by Crippen LogP contribution is -2.48. The Morgan fingerprint density at radius 1 is 1.17 bits per heavy atom. The molecule has 1 aromatic carbocycles. The van der Waals surface area contributed by atoms with E-state index in [0.29, 0.717) is 31.5 Å². The lowest BCUT2D eigenvalue weighted by Gasteiger charge is -2.35. The van der Waals surface area contributed by atoms with E-state index in [1.54, 1.807) is 11.9 Å². The molecule has 0 spiro atoms. The van der Waals surface area contributed by atoms with Crippen LogP contribution in [0.15, 0.2) is 18.2 Å². The molecule has 9 heteroatoms. The van der Waals surface area contributed by atoms with Crippen LogP contribution in [0.25, 0.3) is 0 Å². The molecule has 29 heavy (non-hydrogen) atoms. The van der Waals surface area contributed by atoms with Crippen LogP contribution in [-0.4, -0.2) is 48.4 Å². The minimum atomic E-state index is -4.58. The van der Waals surface area contributed by atoms with Gasteiger partial charge in [0.2, 0.25) is 5.91 Å². The molecule has 0 aliphatic carbocycles. The zero-order chi connectivity index (χ0) is 20.1. The van der Waals surface area contributed by atoms with Crippen molar-refractivity contribution in [2.75, 3.05) is 18.5 Å². The molecular weight excluding hydrogens is 407 g/mol. The highest BCUT2D eigenvalue weighted by molar-refractivity contribution is 5.99. The van der Waals surface area contributed by atoms with E-state index >= 15 is 0 Å². The van der Waals surface area contributed by atoms with Crippen molar-refractivity contribution < 1.29 is 22.8 Å². The summed E-state index contributed by atoms with van der Waals surface area (Å²) in [4.78, 5) is 28.0. The molecule has 1 N–H and O–H groups in total. The number of alkyl halides is 3. The van der Waals surface area contributed by atoms with Crippen LogP contribution in [0.1, 0.15) is 54.4 Å². The molecule has 0 saturated carbocycles. The number of piperidine rings is 1. The topological polar surface area (TPSA) is 52.7 Å². The first-order chi connectivity index (χ1) is 13.2. The van der Waals surface area contributed by atoms with Gasteiger partial charge in [-0.1, -0.05) is 0 Å². The van der Waals surface area contributed by atoms with Crippen LogP contribution in [-0.2, 0) is 11.0 Å². The van der Waals surface area contributed by atoms with Crippen molar-refractivity contribution in [3.8, 4) is 0 Å². The van der Waals surface area contributed by atoms with E-state index in [0.717, 1.165) is 37.8 Å². The van der Waals surface area contributed by atoms with Gasteiger partial charge in [-0.25, -0.2) is 0 Å². The van der Waals surface area contributed by atoms with Gasteiger partial charge in [0.15, 0.2) is 0 Å². The second-order valence-corrected chi connectivity index (χ2v) is 8.09. The molecule has 1 aromatic rings. The van der Waals surface area contributed by atoms with Crippen LogP contribution in [0.4, 0.5) is 18.9 Å². The van der Waals surface area contributed by atoms with Gasteiger partial charge < -0.3 is 15.1 Å². The Balaban J connectivity index is 0.00000240. The van der Waals surface area contributed by atoms with E-state index in [4.69, 9.17) is 0 Å². The van der Waals surface area contributed by atoms with Crippen LogP contribution in [0.2, 0.25) is 0 Å². The van der Waals surface area contributed by atoms with E-state index in [1.165, 1.54) is 11.0 Å². The average molecular weight is 432 g/mol. The Hall–Kier alpha value is -1.80. The zero-order valence-corrected chi connectivity index (χ0v) is 17.0. The first kappa shape index (κ1) is 21.9. The first-order valence-electron chi connectivity index (χ1n) is 9.78. The van der Waals surface area contributed by atoms with E-state index in [9.17, 15) is 22.8 Å². The smallest absolute Gasteiger partial charge is 0.339 e. The van der Waals surface area contributed by atoms with Crippen LogP contribution >= 0.6 is 12.4 Å². The third-order valence-corrected chi connectivity index (χ3v) is 6.19. The number of rotatable bonds is 3. The largest absolute Gasteiger partial charge is 0.416 e. The fourth-order valence-electron chi connectivity index (χ4n) is 4.69.